The van der Waals surface area contributed by atoms with Gasteiger partial charge in [0.1, 0.15) is 0 Å². The molecule has 0 fully saturated rings. The highest BCUT2D eigenvalue weighted by Crippen LogP contribution is 2.32. The molecule has 0 spiro atoms. The third kappa shape index (κ3) is 7.33. The third-order valence-electron chi connectivity index (χ3n) is 3.00. The van der Waals surface area contributed by atoms with Gasteiger partial charge in [-0.25, -0.2) is 0 Å². The van der Waals surface area contributed by atoms with Crippen molar-refractivity contribution in [2.75, 3.05) is 19.5 Å². The van der Waals surface area contributed by atoms with Crippen molar-refractivity contribution in [3.63, 3.8) is 0 Å². The summed E-state index contributed by atoms with van der Waals surface area (Å²) in [6.07, 6.45) is 0. The van der Waals surface area contributed by atoms with E-state index in [1.54, 1.807) is 25.1 Å². The zero-order valence-corrected chi connectivity index (χ0v) is 14.9. The van der Waals surface area contributed by atoms with Crippen LogP contribution in [-0.4, -0.2) is 30.9 Å². The number of methoxy groups -OCH3 is 1. The maximum absolute atomic E-state index is 12.1. The maximum Gasteiger partial charge on any atom is 0.442 e. The van der Waals surface area contributed by atoms with E-state index >= 15 is 0 Å². The second kappa shape index (κ2) is 9.05. The molecule has 0 aliphatic rings. The molecule has 136 valence electrons. The lowest BCUT2D eigenvalue weighted by Crippen LogP contribution is -2.29. The Hall–Kier alpha value is -1.57. The summed E-state index contributed by atoms with van der Waals surface area (Å²) in [5.74, 6) is 0.114. The number of nitrogens with one attached hydrogen (secondary N) is 1. The predicted molar refractivity (Wildman–Crippen MR) is 88.4 cm³/mol. The Morgan fingerprint density at radius 2 is 1.92 bits per heavy atom. The minimum absolute atomic E-state index is 0.359. The summed E-state index contributed by atoms with van der Waals surface area (Å²) in [7, 11) is 1.50. The van der Waals surface area contributed by atoms with E-state index in [0.717, 1.165) is 0 Å². The molecule has 0 bridgehead atoms. The lowest BCUT2D eigenvalue weighted by atomic mass is 10.1. The number of alkyl halides is 3. The molecule has 1 rings (SSSR count). The van der Waals surface area contributed by atoms with E-state index < -0.39 is 23.2 Å². The van der Waals surface area contributed by atoms with Crippen molar-refractivity contribution in [3.05, 3.63) is 23.8 Å². The highest BCUT2D eigenvalue weighted by Gasteiger charge is 2.29. The van der Waals surface area contributed by atoms with Gasteiger partial charge in [-0.1, -0.05) is 19.9 Å². The van der Waals surface area contributed by atoms with Crippen LogP contribution in [0.4, 0.5) is 13.2 Å². The topological polar surface area (TPSA) is 47.6 Å². The van der Waals surface area contributed by atoms with Crippen molar-refractivity contribution in [1.29, 1.82) is 0 Å². The molecule has 1 aromatic rings. The number of hydrogen-bond acceptors (Lipinski definition) is 4. The average Bonchev–Trinajstić information content (AvgIpc) is 2.49. The number of amides is 1. The van der Waals surface area contributed by atoms with Crippen LogP contribution in [0, 0.1) is 5.92 Å². The van der Waals surface area contributed by atoms with Gasteiger partial charge in [-0.2, -0.15) is 13.2 Å². The number of hydrogen-bond donors (Lipinski definition) is 1. The molecule has 24 heavy (non-hydrogen) atoms. The van der Waals surface area contributed by atoms with E-state index in [0.29, 0.717) is 29.6 Å². The number of carbonyl (C=O) groups excluding carboxylic acids is 1. The molecule has 1 N–H and O–H groups in total. The van der Waals surface area contributed by atoms with Crippen molar-refractivity contribution >= 4 is 17.7 Å². The Morgan fingerprint density at radius 1 is 1.25 bits per heavy atom. The van der Waals surface area contributed by atoms with Crippen molar-refractivity contribution in [2.24, 2.45) is 5.92 Å². The van der Waals surface area contributed by atoms with Gasteiger partial charge in [0.15, 0.2) is 11.5 Å². The second-order valence-electron chi connectivity index (χ2n) is 5.64. The first-order chi connectivity index (χ1) is 11.1. The van der Waals surface area contributed by atoms with Crippen LogP contribution < -0.4 is 14.8 Å². The largest absolute Gasteiger partial charge is 0.493 e. The van der Waals surface area contributed by atoms with Crippen LogP contribution in [0.2, 0.25) is 0 Å². The van der Waals surface area contributed by atoms with Gasteiger partial charge in [0.05, 0.1) is 25.5 Å². The minimum atomic E-state index is -4.42. The Kier molecular flexibility index (Phi) is 7.72. The molecule has 0 radical (unpaired) electrons. The van der Waals surface area contributed by atoms with Gasteiger partial charge in [0.2, 0.25) is 5.91 Å². The van der Waals surface area contributed by atoms with Crippen LogP contribution in [0.1, 0.15) is 32.4 Å². The smallest absolute Gasteiger partial charge is 0.442 e. The highest BCUT2D eigenvalue weighted by atomic mass is 32.2. The molecule has 4 nitrogen and oxygen atoms in total. The molecule has 1 atom stereocenters. The summed E-state index contributed by atoms with van der Waals surface area (Å²) < 4.78 is 47.2. The summed E-state index contributed by atoms with van der Waals surface area (Å²) >= 11 is -0.359. The minimum Gasteiger partial charge on any atom is -0.493 e. The lowest BCUT2D eigenvalue weighted by Gasteiger charge is -2.18. The van der Waals surface area contributed by atoms with Crippen LogP contribution in [0.25, 0.3) is 0 Å². The van der Waals surface area contributed by atoms with E-state index in [1.807, 2.05) is 13.8 Å². The Balaban J connectivity index is 2.70. The summed E-state index contributed by atoms with van der Waals surface area (Å²) in [5, 5.41) is 2.53. The zero-order valence-electron chi connectivity index (χ0n) is 14.1. The first kappa shape index (κ1) is 20.5. The third-order valence-corrected chi connectivity index (χ3v) is 3.74. The summed E-state index contributed by atoms with van der Waals surface area (Å²) in [6, 6.07) is 4.74. The van der Waals surface area contributed by atoms with E-state index in [4.69, 9.17) is 9.47 Å². The summed E-state index contributed by atoms with van der Waals surface area (Å²) in [6.45, 7) is 6.28. The summed E-state index contributed by atoms with van der Waals surface area (Å²) in [5.41, 5.74) is -3.70. The van der Waals surface area contributed by atoms with Gasteiger partial charge in [-0.3, -0.25) is 4.79 Å². The Bertz CT molecular complexity index is 550. The second-order valence-corrected chi connectivity index (χ2v) is 6.68. The fraction of sp³-hybridized carbons (Fsp3) is 0.562. The van der Waals surface area contributed by atoms with E-state index in [9.17, 15) is 18.0 Å². The van der Waals surface area contributed by atoms with Crippen molar-refractivity contribution in [3.8, 4) is 11.5 Å². The van der Waals surface area contributed by atoms with Crippen LogP contribution in [-0.2, 0) is 4.79 Å². The quantitative estimate of drug-likeness (QED) is 0.751. The molecule has 1 unspecified atom stereocenters. The first-order valence-corrected chi connectivity index (χ1v) is 8.41. The van der Waals surface area contributed by atoms with E-state index in [1.165, 1.54) is 7.11 Å². The van der Waals surface area contributed by atoms with Crippen LogP contribution in [0.15, 0.2) is 18.2 Å². The molecule has 1 amide bonds. The Morgan fingerprint density at radius 3 is 2.46 bits per heavy atom. The number of halogens is 3. The number of carbonyl (C=O) groups is 1. The molecule has 0 saturated heterocycles. The van der Waals surface area contributed by atoms with Gasteiger partial charge >= 0.3 is 5.51 Å². The molecular formula is C16H22F3NO3S. The van der Waals surface area contributed by atoms with Crippen LogP contribution in [0.5, 0.6) is 11.5 Å². The molecule has 0 aliphatic carbocycles. The highest BCUT2D eigenvalue weighted by molar-refractivity contribution is 8.00. The standard InChI is InChI=1S/C16H22F3NO3S/c1-10(2)8-23-13-6-5-12(7-14(13)22-4)11(3)20-15(21)9-24-16(17,18)19/h5-7,10-11H,8-9H2,1-4H3,(H,20,21). The molecule has 0 aromatic heterocycles. The lowest BCUT2D eigenvalue weighted by molar-refractivity contribution is -0.119. The van der Waals surface area contributed by atoms with Crippen molar-refractivity contribution in [2.45, 2.75) is 32.3 Å². The number of rotatable bonds is 8. The molecule has 0 aliphatic heterocycles. The maximum atomic E-state index is 12.1. The van der Waals surface area contributed by atoms with Gasteiger partial charge in [0.25, 0.3) is 0 Å². The van der Waals surface area contributed by atoms with Crippen LogP contribution in [0.3, 0.4) is 0 Å². The molecule has 0 saturated carbocycles. The van der Waals surface area contributed by atoms with E-state index in [2.05, 4.69) is 5.32 Å². The van der Waals surface area contributed by atoms with Gasteiger partial charge < -0.3 is 14.8 Å². The Labute approximate surface area is 144 Å². The summed E-state index contributed by atoms with van der Waals surface area (Å²) in [4.78, 5) is 11.6. The zero-order chi connectivity index (χ0) is 18.3. The fourth-order valence-corrected chi connectivity index (χ4v) is 2.22. The van der Waals surface area contributed by atoms with Crippen molar-refractivity contribution < 1.29 is 27.4 Å². The van der Waals surface area contributed by atoms with Gasteiger partial charge in [-0.05, 0) is 42.3 Å². The number of benzene rings is 1. The number of thioether (sulfide) groups is 1. The van der Waals surface area contributed by atoms with Gasteiger partial charge in [0, 0.05) is 0 Å². The van der Waals surface area contributed by atoms with Crippen LogP contribution >= 0.6 is 11.8 Å². The predicted octanol–water partition coefficient (Wildman–Crippen LogP) is 4.16. The molecule has 1 aromatic carbocycles. The van der Waals surface area contributed by atoms with Crippen molar-refractivity contribution in [1.82, 2.24) is 5.32 Å². The molecule has 0 heterocycles. The van der Waals surface area contributed by atoms with E-state index in [-0.39, 0.29) is 11.8 Å². The SMILES string of the molecule is COc1cc(C(C)NC(=O)CSC(F)(F)F)ccc1OCC(C)C. The number of ether oxygens (including phenoxy) is 2. The normalized spacial score (nSPS) is 12.8. The molecule has 8 heteroatoms. The first-order valence-electron chi connectivity index (χ1n) is 7.43. The molecular weight excluding hydrogens is 343 g/mol. The monoisotopic (exact) mass is 365 g/mol. The average molecular weight is 365 g/mol. The van der Waals surface area contributed by atoms with Gasteiger partial charge in [-0.15, -0.1) is 0 Å². The fourth-order valence-electron chi connectivity index (χ4n) is 1.84.